The fraction of sp³-hybridized carbons (Fsp3) is 0.500. The van der Waals surface area contributed by atoms with Gasteiger partial charge in [0.2, 0.25) is 0 Å². The van der Waals surface area contributed by atoms with Crippen LogP contribution in [0.4, 0.5) is 0 Å². The SMILES string of the molecule is Oc1ccc2c3c1O[C@H]1C(O)C=C[C@H]4[C@H](C2)NCC[C@@]314. The van der Waals surface area contributed by atoms with E-state index < -0.39 is 6.10 Å². The number of hydrogen-bond donors (Lipinski definition) is 3. The number of phenolic OH excluding ortho intramolecular Hbond substituents is 1. The summed E-state index contributed by atoms with van der Waals surface area (Å²) in [5.41, 5.74) is 2.26. The van der Waals surface area contributed by atoms with E-state index in [4.69, 9.17) is 4.74 Å². The molecule has 1 unspecified atom stereocenters. The third-order valence-corrected chi connectivity index (χ3v) is 5.68. The molecule has 2 aliphatic carbocycles. The van der Waals surface area contributed by atoms with E-state index in [2.05, 4.69) is 11.4 Å². The lowest BCUT2D eigenvalue weighted by Gasteiger charge is -2.53. The lowest BCUT2D eigenvalue weighted by atomic mass is 9.54. The Labute approximate surface area is 117 Å². The summed E-state index contributed by atoms with van der Waals surface area (Å²) in [6.07, 6.45) is 5.08. The molecule has 1 aromatic carbocycles. The Balaban J connectivity index is 1.86. The Kier molecular flexibility index (Phi) is 1.89. The van der Waals surface area contributed by atoms with E-state index in [1.165, 1.54) is 5.56 Å². The summed E-state index contributed by atoms with van der Waals surface area (Å²) in [5.74, 6) is 1.16. The van der Waals surface area contributed by atoms with Crippen molar-refractivity contribution in [3.8, 4) is 11.5 Å². The normalized spacial score (nSPS) is 43.0. The molecule has 4 aliphatic rings. The number of aliphatic hydroxyl groups excluding tert-OH is 1. The highest BCUT2D eigenvalue weighted by Gasteiger charge is 2.63. The molecular formula is C16H17NO3. The number of aliphatic hydroxyl groups is 1. The maximum atomic E-state index is 10.4. The monoisotopic (exact) mass is 271 g/mol. The number of nitrogens with one attached hydrogen (secondary N) is 1. The van der Waals surface area contributed by atoms with E-state index in [1.807, 2.05) is 12.1 Å². The average molecular weight is 271 g/mol. The van der Waals surface area contributed by atoms with Crippen LogP contribution in [0.25, 0.3) is 0 Å². The van der Waals surface area contributed by atoms with Crippen LogP contribution in [0, 0.1) is 5.92 Å². The van der Waals surface area contributed by atoms with Crippen LogP contribution >= 0.6 is 0 Å². The lowest BCUT2D eigenvalue weighted by molar-refractivity contribution is -0.0177. The zero-order valence-corrected chi connectivity index (χ0v) is 11.0. The second-order valence-electron chi connectivity index (χ2n) is 6.44. The highest BCUT2D eigenvalue weighted by molar-refractivity contribution is 5.61. The van der Waals surface area contributed by atoms with Crippen molar-refractivity contribution in [1.82, 2.24) is 5.32 Å². The molecule has 0 radical (unpaired) electrons. The van der Waals surface area contributed by atoms with Crippen LogP contribution in [-0.4, -0.2) is 35.0 Å². The number of hydrogen-bond acceptors (Lipinski definition) is 4. The van der Waals surface area contributed by atoms with Crippen molar-refractivity contribution < 1.29 is 14.9 Å². The molecule has 4 heteroatoms. The number of phenols is 1. The fourth-order valence-electron chi connectivity index (χ4n) is 4.98. The molecule has 5 atom stereocenters. The van der Waals surface area contributed by atoms with E-state index in [0.717, 1.165) is 24.9 Å². The number of ether oxygens (including phenoxy) is 1. The van der Waals surface area contributed by atoms with E-state index >= 15 is 0 Å². The molecule has 4 nitrogen and oxygen atoms in total. The standard InChI is InChI=1S/C16H17NO3/c18-11-3-1-8-7-10-9-2-4-12(19)15-16(9,5-6-17-10)13(8)14(11)20-15/h1-4,9-10,12,15,17-19H,5-7H2/t9-,10-,12?,15-,16+/m0/s1. The molecule has 0 amide bonds. The summed E-state index contributed by atoms with van der Waals surface area (Å²) in [4.78, 5) is 0. The van der Waals surface area contributed by atoms with Crippen molar-refractivity contribution >= 4 is 0 Å². The first-order valence-corrected chi connectivity index (χ1v) is 7.33. The summed E-state index contributed by atoms with van der Waals surface area (Å²) in [6.45, 7) is 0.941. The highest BCUT2D eigenvalue weighted by Crippen LogP contribution is 2.61. The van der Waals surface area contributed by atoms with Gasteiger partial charge in [0.15, 0.2) is 11.5 Å². The molecule has 5 rings (SSSR count). The summed E-state index contributed by atoms with van der Waals surface area (Å²) >= 11 is 0. The van der Waals surface area contributed by atoms with Crippen molar-refractivity contribution in [2.45, 2.75) is 36.5 Å². The molecule has 1 fully saturated rings. The molecule has 2 aliphatic heterocycles. The van der Waals surface area contributed by atoms with Gasteiger partial charge in [-0.1, -0.05) is 18.2 Å². The Morgan fingerprint density at radius 1 is 1.30 bits per heavy atom. The minimum atomic E-state index is -0.595. The van der Waals surface area contributed by atoms with Crippen molar-refractivity contribution in [3.63, 3.8) is 0 Å². The molecule has 2 bridgehead atoms. The zero-order valence-electron chi connectivity index (χ0n) is 11.0. The van der Waals surface area contributed by atoms with Crippen LogP contribution in [0.2, 0.25) is 0 Å². The van der Waals surface area contributed by atoms with Crippen LogP contribution in [0.5, 0.6) is 11.5 Å². The minimum absolute atomic E-state index is 0.161. The number of benzene rings is 1. The second-order valence-corrected chi connectivity index (χ2v) is 6.44. The second kappa shape index (κ2) is 3.38. The Bertz CT molecular complexity index is 641. The van der Waals surface area contributed by atoms with Gasteiger partial charge >= 0.3 is 0 Å². The smallest absolute Gasteiger partial charge is 0.165 e. The first kappa shape index (κ1) is 11.2. The quantitative estimate of drug-likeness (QED) is 0.612. The highest BCUT2D eigenvalue weighted by atomic mass is 16.5. The maximum absolute atomic E-state index is 10.4. The van der Waals surface area contributed by atoms with Crippen LogP contribution in [0.1, 0.15) is 17.5 Å². The number of rotatable bonds is 0. The van der Waals surface area contributed by atoms with Gasteiger partial charge in [-0.15, -0.1) is 0 Å². The van der Waals surface area contributed by atoms with Gasteiger partial charge in [0.25, 0.3) is 0 Å². The van der Waals surface area contributed by atoms with Gasteiger partial charge in [0.1, 0.15) is 12.2 Å². The Hall–Kier alpha value is -1.52. The van der Waals surface area contributed by atoms with Gasteiger partial charge in [-0.25, -0.2) is 0 Å². The van der Waals surface area contributed by atoms with Crippen LogP contribution in [-0.2, 0) is 11.8 Å². The first-order chi connectivity index (χ1) is 9.72. The molecule has 1 spiro atoms. The Morgan fingerprint density at radius 2 is 2.20 bits per heavy atom. The van der Waals surface area contributed by atoms with E-state index in [0.29, 0.717) is 17.7 Å². The molecular weight excluding hydrogens is 254 g/mol. The van der Waals surface area contributed by atoms with Gasteiger partial charge in [-0.3, -0.25) is 0 Å². The molecule has 0 aromatic heterocycles. The fourth-order valence-corrected chi connectivity index (χ4v) is 4.98. The van der Waals surface area contributed by atoms with Crippen LogP contribution in [0.15, 0.2) is 24.3 Å². The van der Waals surface area contributed by atoms with Gasteiger partial charge < -0.3 is 20.3 Å². The summed E-state index contributed by atoms with van der Waals surface area (Å²) in [5, 5.41) is 24.1. The average Bonchev–Trinajstić information content (AvgIpc) is 2.78. The maximum Gasteiger partial charge on any atom is 0.165 e. The van der Waals surface area contributed by atoms with Gasteiger partial charge in [-0.05, 0) is 31.0 Å². The topological polar surface area (TPSA) is 61.7 Å². The van der Waals surface area contributed by atoms with Gasteiger partial charge in [-0.2, -0.15) is 0 Å². The van der Waals surface area contributed by atoms with Crippen LogP contribution < -0.4 is 10.1 Å². The van der Waals surface area contributed by atoms with Gasteiger partial charge in [0.05, 0.1) is 0 Å². The molecule has 104 valence electrons. The van der Waals surface area contributed by atoms with E-state index in [9.17, 15) is 10.2 Å². The van der Waals surface area contributed by atoms with Crippen molar-refractivity contribution in [1.29, 1.82) is 0 Å². The predicted molar refractivity (Wildman–Crippen MR) is 72.9 cm³/mol. The molecule has 1 saturated heterocycles. The molecule has 2 heterocycles. The molecule has 0 saturated carbocycles. The third kappa shape index (κ3) is 1.04. The van der Waals surface area contributed by atoms with Gasteiger partial charge in [0, 0.05) is 22.9 Å². The number of piperidine rings is 1. The van der Waals surface area contributed by atoms with Crippen molar-refractivity contribution in [2.24, 2.45) is 5.92 Å². The van der Waals surface area contributed by atoms with E-state index in [1.54, 1.807) is 6.07 Å². The first-order valence-electron chi connectivity index (χ1n) is 7.33. The minimum Gasteiger partial charge on any atom is -0.504 e. The number of aromatic hydroxyl groups is 1. The Morgan fingerprint density at radius 3 is 3.10 bits per heavy atom. The lowest BCUT2D eigenvalue weighted by Crippen LogP contribution is -2.64. The summed E-state index contributed by atoms with van der Waals surface area (Å²) in [6, 6.07) is 4.14. The zero-order chi connectivity index (χ0) is 13.5. The molecule has 20 heavy (non-hydrogen) atoms. The van der Waals surface area contributed by atoms with E-state index in [-0.39, 0.29) is 17.3 Å². The molecule has 1 aromatic rings. The third-order valence-electron chi connectivity index (χ3n) is 5.68. The summed E-state index contributed by atoms with van der Waals surface area (Å²) < 4.78 is 6.04. The van der Waals surface area contributed by atoms with Crippen LogP contribution in [0.3, 0.4) is 0 Å². The predicted octanol–water partition coefficient (Wildman–Crippen LogP) is 0.856. The van der Waals surface area contributed by atoms with Crippen molar-refractivity contribution in [3.05, 3.63) is 35.4 Å². The summed E-state index contributed by atoms with van der Waals surface area (Å²) in [7, 11) is 0. The van der Waals surface area contributed by atoms with Crippen molar-refractivity contribution in [2.75, 3.05) is 6.54 Å². The molecule has 3 N–H and O–H groups in total. The largest absolute Gasteiger partial charge is 0.504 e.